The van der Waals surface area contributed by atoms with Crippen LogP contribution in [0, 0.1) is 12.3 Å². The van der Waals surface area contributed by atoms with Gasteiger partial charge in [-0.1, -0.05) is 43.7 Å². The summed E-state index contributed by atoms with van der Waals surface area (Å²) in [4.78, 5) is 2.44. The molecule has 21 heavy (non-hydrogen) atoms. The Bertz CT molecular complexity index is 439. The van der Waals surface area contributed by atoms with Crippen LogP contribution in [0.4, 0.5) is 0 Å². The molecule has 1 saturated heterocycles. The summed E-state index contributed by atoms with van der Waals surface area (Å²) in [6, 6.07) is 9.33. The van der Waals surface area contributed by atoms with Crippen LogP contribution >= 0.6 is 0 Å². The van der Waals surface area contributed by atoms with E-state index < -0.39 is 0 Å². The SMILES string of the molecule is Cc1cccc(CN(C)CC2(CNC(C)C)CCOC2)c1. The summed E-state index contributed by atoms with van der Waals surface area (Å²) >= 11 is 0. The first kappa shape index (κ1) is 16.5. The second-order valence-electron chi connectivity index (χ2n) is 7.00. The highest BCUT2D eigenvalue weighted by atomic mass is 16.5. The van der Waals surface area contributed by atoms with Crippen molar-refractivity contribution in [1.82, 2.24) is 10.2 Å². The van der Waals surface area contributed by atoms with Crippen molar-refractivity contribution in [2.45, 2.75) is 39.8 Å². The van der Waals surface area contributed by atoms with Gasteiger partial charge in [-0.15, -0.1) is 0 Å². The molecule has 3 heteroatoms. The van der Waals surface area contributed by atoms with Gasteiger partial charge in [0, 0.05) is 37.7 Å². The van der Waals surface area contributed by atoms with Crippen molar-refractivity contribution in [2.75, 3.05) is 33.4 Å². The molecular formula is C18H30N2O. The van der Waals surface area contributed by atoms with Crippen LogP contribution in [0.3, 0.4) is 0 Å². The van der Waals surface area contributed by atoms with E-state index in [1.807, 2.05) is 0 Å². The van der Waals surface area contributed by atoms with Gasteiger partial charge in [0.05, 0.1) is 6.61 Å². The molecule has 1 unspecified atom stereocenters. The first-order chi connectivity index (χ1) is 9.99. The number of aryl methyl sites for hydroxylation is 1. The third-order valence-corrected chi connectivity index (χ3v) is 4.21. The third-order valence-electron chi connectivity index (χ3n) is 4.21. The molecular weight excluding hydrogens is 260 g/mol. The molecule has 1 fully saturated rings. The van der Waals surface area contributed by atoms with E-state index in [9.17, 15) is 0 Å². The van der Waals surface area contributed by atoms with Gasteiger partial charge in [0.1, 0.15) is 0 Å². The molecule has 1 atom stereocenters. The third kappa shape index (κ3) is 5.10. The van der Waals surface area contributed by atoms with Gasteiger partial charge in [0.2, 0.25) is 0 Å². The first-order valence-corrected chi connectivity index (χ1v) is 8.04. The lowest BCUT2D eigenvalue weighted by molar-refractivity contribution is 0.115. The summed E-state index contributed by atoms with van der Waals surface area (Å²) in [7, 11) is 2.22. The molecule has 0 spiro atoms. The Morgan fingerprint density at radius 2 is 2.19 bits per heavy atom. The maximum atomic E-state index is 5.70. The van der Waals surface area contributed by atoms with Crippen LogP contribution in [0.1, 0.15) is 31.4 Å². The molecule has 1 aliphatic rings. The molecule has 1 aromatic rings. The van der Waals surface area contributed by atoms with Gasteiger partial charge in [0.15, 0.2) is 0 Å². The highest BCUT2D eigenvalue weighted by Crippen LogP contribution is 2.29. The Morgan fingerprint density at radius 1 is 1.38 bits per heavy atom. The summed E-state index contributed by atoms with van der Waals surface area (Å²) in [5.41, 5.74) is 2.99. The van der Waals surface area contributed by atoms with E-state index in [0.717, 1.165) is 39.3 Å². The number of benzene rings is 1. The molecule has 0 aromatic heterocycles. The largest absolute Gasteiger partial charge is 0.381 e. The van der Waals surface area contributed by atoms with E-state index >= 15 is 0 Å². The Labute approximate surface area is 129 Å². The topological polar surface area (TPSA) is 24.5 Å². The Kier molecular flexibility index (Phi) is 5.80. The average molecular weight is 290 g/mol. The lowest BCUT2D eigenvalue weighted by Gasteiger charge is -2.33. The molecule has 0 amide bonds. The van der Waals surface area contributed by atoms with Crippen LogP contribution < -0.4 is 5.32 Å². The van der Waals surface area contributed by atoms with Crippen molar-refractivity contribution < 1.29 is 4.74 Å². The van der Waals surface area contributed by atoms with Gasteiger partial charge in [-0.2, -0.15) is 0 Å². The second kappa shape index (κ2) is 7.39. The molecule has 1 N–H and O–H groups in total. The highest BCUT2D eigenvalue weighted by molar-refractivity contribution is 5.22. The number of nitrogens with zero attached hydrogens (tertiary/aromatic N) is 1. The van der Waals surface area contributed by atoms with Gasteiger partial charge in [-0.05, 0) is 26.0 Å². The van der Waals surface area contributed by atoms with Crippen LogP contribution in [0.25, 0.3) is 0 Å². The number of hydrogen-bond acceptors (Lipinski definition) is 3. The van der Waals surface area contributed by atoms with Crippen molar-refractivity contribution in [3.63, 3.8) is 0 Å². The van der Waals surface area contributed by atoms with Crippen molar-refractivity contribution in [2.24, 2.45) is 5.41 Å². The highest BCUT2D eigenvalue weighted by Gasteiger charge is 2.35. The lowest BCUT2D eigenvalue weighted by Crippen LogP contribution is -2.45. The van der Waals surface area contributed by atoms with Crippen LogP contribution in [-0.4, -0.2) is 44.3 Å². The molecule has 2 rings (SSSR count). The standard InChI is InChI=1S/C18H30N2O/c1-15(2)19-12-18(8-9-21-14-18)13-20(4)11-17-7-5-6-16(3)10-17/h5-7,10,15,19H,8-9,11-14H2,1-4H3. The fourth-order valence-electron chi connectivity index (χ4n) is 3.14. The number of hydrogen-bond donors (Lipinski definition) is 1. The van der Waals surface area contributed by atoms with Gasteiger partial charge in [-0.25, -0.2) is 0 Å². The lowest BCUT2D eigenvalue weighted by atomic mass is 9.86. The van der Waals surface area contributed by atoms with E-state index in [2.05, 4.69) is 62.3 Å². The minimum Gasteiger partial charge on any atom is -0.381 e. The van der Waals surface area contributed by atoms with Crippen LogP contribution in [0.2, 0.25) is 0 Å². The molecule has 118 valence electrons. The van der Waals surface area contributed by atoms with Gasteiger partial charge < -0.3 is 15.0 Å². The fraction of sp³-hybridized carbons (Fsp3) is 0.667. The Balaban J connectivity index is 1.93. The predicted molar refractivity (Wildman–Crippen MR) is 88.5 cm³/mol. The summed E-state index contributed by atoms with van der Waals surface area (Å²) in [5, 5.41) is 3.60. The minimum absolute atomic E-state index is 0.267. The second-order valence-corrected chi connectivity index (χ2v) is 7.00. The first-order valence-electron chi connectivity index (χ1n) is 8.04. The summed E-state index contributed by atoms with van der Waals surface area (Å²) in [6.45, 7) is 11.5. The van der Waals surface area contributed by atoms with Gasteiger partial charge in [0.25, 0.3) is 0 Å². The van der Waals surface area contributed by atoms with Crippen molar-refractivity contribution >= 4 is 0 Å². The molecule has 1 heterocycles. The number of rotatable bonds is 7. The number of ether oxygens (including phenoxy) is 1. The summed E-state index contributed by atoms with van der Waals surface area (Å²) < 4.78 is 5.70. The molecule has 0 radical (unpaired) electrons. The summed E-state index contributed by atoms with van der Waals surface area (Å²) in [6.07, 6.45) is 1.16. The molecule has 1 aliphatic heterocycles. The zero-order valence-corrected chi connectivity index (χ0v) is 14.0. The van der Waals surface area contributed by atoms with Crippen LogP contribution in [0.5, 0.6) is 0 Å². The van der Waals surface area contributed by atoms with Gasteiger partial charge >= 0.3 is 0 Å². The van der Waals surface area contributed by atoms with E-state index in [1.54, 1.807) is 0 Å². The smallest absolute Gasteiger partial charge is 0.0547 e. The fourth-order valence-corrected chi connectivity index (χ4v) is 3.14. The van der Waals surface area contributed by atoms with Crippen LogP contribution in [-0.2, 0) is 11.3 Å². The average Bonchev–Trinajstić information content (AvgIpc) is 2.85. The summed E-state index contributed by atoms with van der Waals surface area (Å²) in [5.74, 6) is 0. The molecule has 0 saturated carbocycles. The van der Waals surface area contributed by atoms with Crippen LogP contribution in [0.15, 0.2) is 24.3 Å². The van der Waals surface area contributed by atoms with Crippen molar-refractivity contribution in [1.29, 1.82) is 0 Å². The van der Waals surface area contributed by atoms with Crippen molar-refractivity contribution in [3.05, 3.63) is 35.4 Å². The molecule has 0 bridgehead atoms. The van der Waals surface area contributed by atoms with E-state index in [-0.39, 0.29) is 5.41 Å². The zero-order valence-electron chi connectivity index (χ0n) is 14.0. The molecule has 0 aliphatic carbocycles. The zero-order chi connectivity index (χ0) is 15.3. The van der Waals surface area contributed by atoms with E-state index in [4.69, 9.17) is 4.74 Å². The quantitative estimate of drug-likeness (QED) is 0.836. The normalized spacial score (nSPS) is 22.4. The monoisotopic (exact) mass is 290 g/mol. The van der Waals surface area contributed by atoms with E-state index in [0.29, 0.717) is 6.04 Å². The van der Waals surface area contributed by atoms with Crippen molar-refractivity contribution in [3.8, 4) is 0 Å². The maximum Gasteiger partial charge on any atom is 0.0547 e. The molecule has 3 nitrogen and oxygen atoms in total. The maximum absolute atomic E-state index is 5.70. The van der Waals surface area contributed by atoms with E-state index in [1.165, 1.54) is 11.1 Å². The molecule has 1 aromatic carbocycles. The Hall–Kier alpha value is -0.900. The Morgan fingerprint density at radius 3 is 2.81 bits per heavy atom. The minimum atomic E-state index is 0.267. The number of nitrogens with one attached hydrogen (secondary N) is 1. The predicted octanol–water partition coefficient (Wildman–Crippen LogP) is 2.83. The van der Waals surface area contributed by atoms with Gasteiger partial charge in [-0.3, -0.25) is 0 Å².